The summed E-state index contributed by atoms with van der Waals surface area (Å²) in [5.41, 5.74) is 0.425. The van der Waals surface area contributed by atoms with Crippen molar-refractivity contribution in [2.45, 2.75) is 56.6 Å². The number of piperidine rings is 1. The second-order valence-corrected chi connectivity index (χ2v) is 8.42. The van der Waals surface area contributed by atoms with Gasteiger partial charge in [-0.3, -0.25) is 0 Å². The van der Waals surface area contributed by atoms with Gasteiger partial charge in [-0.15, -0.1) is 0 Å². The van der Waals surface area contributed by atoms with Gasteiger partial charge in [-0.1, -0.05) is 30.3 Å². The van der Waals surface area contributed by atoms with Gasteiger partial charge in [-0.05, 0) is 61.6 Å². The van der Waals surface area contributed by atoms with Gasteiger partial charge in [0.1, 0.15) is 5.75 Å². The van der Waals surface area contributed by atoms with Gasteiger partial charge in [0.25, 0.3) is 0 Å². The van der Waals surface area contributed by atoms with Crippen LogP contribution in [0.5, 0.6) is 5.75 Å². The third-order valence-corrected chi connectivity index (χ3v) is 6.50. The summed E-state index contributed by atoms with van der Waals surface area (Å²) in [5, 5.41) is 7.14. The molecule has 2 aromatic carbocycles. The van der Waals surface area contributed by atoms with Crippen LogP contribution in [-0.4, -0.2) is 32.5 Å². The molecule has 2 N–H and O–H groups in total. The van der Waals surface area contributed by atoms with Crippen LogP contribution >= 0.6 is 0 Å². The number of nitrogens with one attached hydrogen (secondary N) is 2. The molecule has 2 heterocycles. The Hall–Kier alpha value is -2.09. The first kappa shape index (κ1) is 22.1. The maximum Gasteiger partial charge on any atom is 0.421 e. The van der Waals surface area contributed by atoms with E-state index in [9.17, 15) is 13.2 Å². The monoisotopic (exact) mass is 434 g/mol. The number of hydrogen-bond acceptors (Lipinski definition) is 4. The van der Waals surface area contributed by atoms with E-state index < -0.39 is 11.8 Å². The number of alkyl halides is 3. The molecule has 0 amide bonds. The zero-order valence-corrected chi connectivity index (χ0v) is 17.9. The first-order chi connectivity index (χ1) is 14.8. The lowest BCUT2D eigenvalue weighted by Gasteiger charge is -2.38. The number of benzene rings is 2. The molecule has 0 radical (unpaired) electrons. The van der Waals surface area contributed by atoms with Gasteiger partial charge in [0.15, 0.2) is 5.60 Å². The van der Waals surface area contributed by atoms with Gasteiger partial charge >= 0.3 is 6.18 Å². The van der Waals surface area contributed by atoms with Crippen molar-refractivity contribution in [2.24, 2.45) is 0 Å². The van der Waals surface area contributed by atoms with E-state index >= 15 is 0 Å². The van der Waals surface area contributed by atoms with Crippen molar-refractivity contribution in [2.75, 3.05) is 20.3 Å². The molecular formula is C24H29F3N2O2. The maximum atomic E-state index is 13.9. The van der Waals surface area contributed by atoms with Crippen LogP contribution in [0.2, 0.25) is 0 Å². The largest absolute Gasteiger partial charge is 0.496 e. The number of halogens is 3. The molecule has 2 aromatic rings. The van der Waals surface area contributed by atoms with Crippen LogP contribution in [0.4, 0.5) is 13.2 Å². The zero-order valence-electron chi connectivity index (χ0n) is 17.9. The maximum absolute atomic E-state index is 13.9. The standard InChI is InChI=1S/C24H29F3N2O2/c1-23(24(25,26)27)19-13-18(21(30-2)14-17(19)10-12-31-23)15-29-20-9-6-11-28-22(20)16-7-4-3-5-8-16/h3-5,7-8,13-14,20,22,28-29H,6,9-12,15H2,1-2H3. The van der Waals surface area contributed by atoms with Crippen molar-refractivity contribution in [3.05, 3.63) is 64.7 Å². The summed E-state index contributed by atoms with van der Waals surface area (Å²) in [6.07, 6.45) is -2.02. The molecule has 31 heavy (non-hydrogen) atoms. The van der Waals surface area contributed by atoms with Gasteiger partial charge in [-0.2, -0.15) is 13.2 Å². The molecule has 4 nitrogen and oxygen atoms in total. The predicted molar refractivity (Wildman–Crippen MR) is 113 cm³/mol. The second-order valence-electron chi connectivity index (χ2n) is 8.42. The number of fused-ring (bicyclic) bond motifs is 1. The lowest BCUT2D eigenvalue weighted by atomic mass is 9.85. The van der Waals surface area contributed by atoms with E-state index in [1.807, 2.05) is 18.2 Å². The van der Waals surface area contributed by atoms with Crippen LogP contribution in [0.3, 0.4) is 0 Å². The van der Waals surface area contributed by atoms with Gasteiger partial charge in [-0.25, -0.2) is 0 Å². The topological polar surface area (TPSA) is 42.5 Å². The van der Waals surface area contributed by atoms with E-state index in [1.54, 1.807) is 19.2 Å². The summed E-state index contributed by atoms with van der Waals surface area (Å²) in [6.45, 7) is 2.52. The average molecular weight is 435 g/mol. The molecule has 0 bridgehead atoms. The molecule has 168 valence electrons. The number of methoxy groups -OCH3 is 1. The highest BCUT2D eigenvalue weighted by molar-refractivity contribution is 5.47. The van der Waals surface area contributed by atoms with Crippen LogP contribution in [0.15, 0.2) is 42.5 Å². The summed E-state index contributed by atoms with van der Waals surface area (Å²) < 4.78 is 52.4. The highest BCUT2D eigenvalue weighted by Gasteiger charge is 2.55. The second kappa shape index (κ2) is 8.81. The highest BCUT2D eigenvalue weighted by Crippen LogP contribution is 2.46. The predicted octanol–water partition coefficient (Wildman–Crippen LogP) is 4.63. The first-order valence-electron chi connectivity index (χ1n) is 10.8. The molecular weight excluding hydrogens is 405 g/mol. The van der Waals surface area contributed by atoms with Gasteiger partial charge < -0.3 is 20.1 Å². The Bertz CT molecular complexity index is 904. The average Bonchev–Trinajstić information content (AvgIpc) is 2.77. The lowest BCUT2D eigenvalue weighted by molar-refractivity contribution is -0.281. The Morgan fingerprint density at radius 1 is 1.23 bits per heavy atom. The summed E-state index contributed by atoms with van der Waals surface area (Å²) in [7, 11) is 1.56. The molecule has 0 spiro atoms. The molecule has 2 aliphatic heterocycles. The van der Waals surface area contributed by atoms with E-state index in [0.29, 0.717) is 29.8 Å². The fourth-order valence-corrected chi connectivity index (χ4v) is 4.68. The van der Waals surface area contributed by atoms with Crippen LogP contribution in [0.1, 0.15) is 48.1 Å². The minimum absolute atomic E-state index is 0.0380. The molecule has 7 heteroatoms. The van der Waals surface area contributed by atoms with Gasteiger partial charge in [0.05, 0.1) is 13.7 Å². The minimum atomic E-state index is -4.49. The molecule has 1 fully saturated rings. The molecule has 3 unspecified atom stereocenters. The number of ether oxygens (including phenoxy) is 2. The molecule has 3 atom stereocenters. The van der Waals surface area contributed by atoms with Crippen molar-refractivity contribution in [1.82, 2.24) is 10.6 Å². The zero-order chi connectivity index (χ0) is 22.1. The quantitative estimate of drug-likeness (QED) is 0.720. The Morgan fingerprint density at radius 2 is 2.00 bits per heavy atom. The lowest BCUT2D eigenvalue weighted by Crippen LogP contribution is -2.46. The number of rotatable bonds is 5. The summed E-state index contributed by atoms with van der Waals surface area (Å²) in [4.78, 5) is 0. The molecule has 1 saturated heterocycles. The SMILES string of the molecule is COc1cc2c(cc1CNC1CCCNC1c1ccccc1)C(C)(C(F)(F)F)OCC2. The normalized spacial score (nSPS) is 26.4. The highest BCUT2D eigenvalue weighted by atomic mass is 19.4. The summed E-state index contributed by atoms with van der Waals surface area (Å²) in [6, 6.07) is 13.9. The Morgan fingerprint density at radius 3 is 2.71 bits per heavy atom. The van der Waals surface area contributed by atoms with Crippen LogP contribution in [0, 0.1) is 0 Å². The van der Waals surface area contributed by atoms with Gasteiger partial charge in [0.2, 0.25) is 0 Å². The van der Waals surface area contributed by atoms with Crippen molar-refractivity contribution >= 4 is 0 Å². The molecule has 4 rings (SSSR count). The van der Waals surface area contributed by atoms with Crippen molar-refractivity contribution in [1.29, 1.82) is 0 Å². The Kier molecular flexibility index (Phi) is 6.28. The minimum Gasteiger partial charge on any atom is -0.496 e. The van der Waals surface area contributed by atoms with Crippen molar-refractivity contribution < 1.29 is 22.6 Å². The van der Waals surface area contributed by atoms with Crippen LogP contribution < -0.4 is 15.4 Å². The molecule has 0 aliphatic carbocycles. The van der Waals surface area contributed by atoms with Gasteiger partial charge in [0, 0.05) is 24.2 Å². The van der Waals surface area contributed by atoms with E-state index in [1.165, 1.54) is 5.56 Å². The summed E-state index contributed by atoms with van der Waals surface area (Å²) in [5.74, 6) is 0.609. The number of hydrogen-bond donors (Lipinski definition) is 2. The Balaban J connectivity index is 1.60. The molecule has 2 aliphatic rings. The molecule has 0 aromatic heterocycles. The third-order valence-electron chi connectivity index (χ3n) is 6.50. The fourth-order valence-electron chi connectivity index (χ4n) is 4.68. The smallest absolute Gasteiger partial charge is 0.421 e. The summed E-state index contributed by atoms with van der Waals surface area (Å²) >= 11 is 0. The van der Waals surface area contributed by atoms with E-state index in [2.05, 4.69) is 22.8 Å². The van der Waals surface area contributed by atoms with E-state index in [4.69, 9.17) is 9.47 Å². The first-order valence-corrected chi connectivity index (χ1v) is 10.8. The molecule has 0 saturated carbocycles. The van der Waals surface area contributed by atoms with Crippen molar-refractivity contribution in [3.63, 3.8) is 0 Å². The third kappa shape index (κ3) is 4.31. The van der Waals surface area contributed by atoms with E-state index in [0.717, 1.165) is 26.3 Å². The van der Waals surface area contributed by atoms with Crippen LogP contribution in [-0.2, 0) is 23.3 Å². The van der Waals surface area contributed by atoms with Crippen molar-refractivity contribution in [3.8, 4) is 5.75 Å². The fraction of sp³-hybridized carbons (Fsp3) is 0.500. The van der Waals surface area contributed by atoms with E-state index in [-0.39, 0.29) is 24.3 Å². The Labute approximate surface area is 181 Å². The van der Waals surface area contributed by atoms with Crippen LogP contribution in [0.25, 0.3) is 0 Å².